The lowest BCUT2D eigenvalue weighted by Gasteiger charge is -1.84. The van der Waals surface area contributed by atoms with E-state index in [1.807, 2.05) is 0 Å². The van der Waals surface area contributed by atoms with Crippen LogP contribution in [0.25, 0.3) is 0 Å². The summed E-state index contributed by atoms with van der Waals surface area (Å²) < 4.78 is 4.62. The maximum absolute atomic E-state index is 6.82. The standard InChI is InChI=1S/C5H5N2O/c6-5(7)4-2-1-3-8-4/h1-2H,(H3,6,7). The summed E-state index contributed by atoms with van der Waals surface area (Å²) in [5.74, 6) is 0.302. The summed E-state index contributed by atoms with van der Waals surface area (Å²) in [6.07, 6.45) is 2.42. The molecular weight excluding hydrogens is 104 g/mol. The van der Waals surface area contributed by atoms with Crippen LogP contribution in [-0.2, 0) is 0 Å². The van der Waals surface area contributed by atoms with Crippen molar-refractivity contribution in [3.8, 4) is 0 Å². The van der Waals surface area contributed by atoms with Crippen molar-refractivity contribution >= 4 is 5.84 Å². The van der Waals surface area contributed by atoms with Crippen molar-refractivity contribution in [3.05, 3.63) is 24.2 Å². The first-order valence-corrected chi connectivity index (χ1v) is 2.11. The maximum Gasteiger partial charge on any atom is 0.170 e. The van der Waals surface area contributed by atoms with Gasteiger partial charge in [-0.15, -0.1) is 0 Å². The molecule has 1 heterocycles. The molecule has 0 unspecified atom stereocenters. The molecule has 0 spiro atoms. The minimum atomic E-state index is -0.0637. The molecule has 1 radical (unpaired) electrons. The number of nitrogens with two attached hydrogens (primary N) is 1. The fourth-order valence-corrected chi connectivity index (χ4v) is 0.386. The number of nitrogens with one attached hydrogen (secondary N) is 1. The van der Waals surface area contributed by atoms with Gasteiger partial charge in [-0.3, -0.25) is 5.41 Å². The van der Waals surface area contributed by atoms with Gasteiger partial charge in [0.2, 0.25) is 0 Å². The molecule has 8 heavy (non-hydrogen) atoms. The van der Waals surface area contributed by atoms with Gasteiger partial charge in [0.25, 0.3) is 0 Å². The third-order valence-corrected chi connectivity index (χ3v) is 0.737. The van der Waals surface area contributed by atoms with Crippen LogP contribution in [0.1, 0.15) is 5.76 Å². The van der Waals surface area contributed by atoms with E-state index >= 15 is 0 Å². The number of amidine groups is 1. The zero-order valence-corrected chi connectivity index (χ0v) is 4.14. The number of hydrogen-bond acceptors (Lipinski definition) is 2. The van der Waals surface area contributed by atoms with Crippen LogP contribution in [0.3, 0.4) is 0 Å². The molecule has 0 atom stereocenters. The molecule has 0 aromatic carbocycles. The van der Waals surface area contributed by atoms with Gasteiger partial charge < -0.3 is 10.2 Å². The molecule has 0 aliphatic rings. The number of nitrogen functional groups attached to an aromatic ring is 1. The molecule has 0 aliphatic heterocycles. The largest absolute Gasteiger partial charge is 0.450 e. The van der Waals surface area contributed by atoms with Gasteiger partial charge in [-0.05, 0) is 12.1 Å². The molecule has 0 amide bonds. The molecule has 41 valence electrons. The second-order valence-electron chi connectivity index (χ2n) is 1.33. The zero-order valence-electron chi connectivity index (χ0n) is 4.14. The Labute approximate surface area is 46.6 Å². The maximum atomic E-state index is 6.82. The average Bonchev–Trinajstić information content (AvgIpc) is 2.12. The Morgan fingerprint density at radius 1 is 1.88 bits per heavy atom. The molecule has 1 aromatic rings. The highest BCUT2D eigenvalue weighted by Gasteiger charge is 1.94. The highest BCUT2D eigenvalue weighted by atomic mass is 16.3. The Kier molecular flexibility index (Phi) is 1.04. The summed E-state index contributed by atoms with van der Waals surface area (Å²) in [6, 6.07) is 3.15. The third-order valence-electron chi connectivity index (χ3n) is 0.737. The van der Waals surface area contributed by atoms with Crippen LogP contribution in [0.15, 0.2) is 16.5 Å². The van der Waals surface area contributed by atoms with Crippen molar-refractivity contribution in [2.75, 3.05) is 0 Å². The summed E-state index contributed by atoms with van der Waals surface area (Å²) in [5.41, 5.74) is 5.03. The molecule has 0 bridgehead atoms. The monoisotopic (exact) mass is 109 g/mol. The first-order valence-electron chi connectivity index (χ1n) is 2.11. The van der Waals surface area contributed by atoms with Crippen LogP contribution in [0.2, 0.25) is 0 Å². The van der Waals surface area contributed by atoms with E-state index in [0.29, 0.717) is 5.76 Å². The van der Waals surface area contributed by atoms with E-state index in [1.54, 1.807) is 12.1 Å². The van der Waals surface area contributed by atoms with Gasteiger partial charge >= 0.3 is 0 Å². The van der Waals surface area contributed by atoms with E-state index in [2.05, 4.69) is 10.7 Å². The normalized spacial score (nSPS) is 9.00. The molecule has 0 saturated carbocycles. The summed E-state index contributed by atoms with van der Waals surface area (Å²) in [7, 11) is 0. The Balaban J connectivity index is 2.93. The summed E-state index contributed by atoms with van der Waals surface area (Å²) in [6.45, 7) is 0. The van der Waals surface area contributed by atoms with Crippen LogP contribution in [0.5, 0.6) is 0 Å². The number of rotatable bonds is 1. The van der Waals surface area contributed by atoms with E-state index in [1.165, 1.54) is 0 Å². The van der Waals surface area contributed by atoms with Gasteiger partial charge in [-0.2, -0.15) is 0 Å². The zero-order chi connectivity index (χ0) is 5.98. The Morgan fingerprint density at radius 3 is 2.88 bits per heavy atom. The van der Waals surface area contributed by atoms with Crippen molar-refractivity contribution in [2.45, 2.75) is 0 Å². The minimum Gasteiger partial charge on any atom is -0.450 e. The van der Waals surface area contributed by atoms with E-state index < -0.39 is 0 Å². The molecule has 3 N–H and O–H groups in total. The topological polar surface area (TPSA) is 63.0 Å². The number of furan rings is 1. The summed E-state index contributed by atoms with van der Waals surface area (Å²) >= 11 is 0. The fourth-order valence-electron chi connectivity index (χ4n) is 0.386. The van der Waals surface area contributed by atoms with Crippen molar-refractivity contribution in [1.29, 1.82) is 5.41 Å². The smallest absolute Gasteiger partial charge is 0.170 e. The second-order valence-corrected chi connectivity index (χ2v) is 1.33. The molecule has 0 saturated heterocycles. The van der Waals surface area contributed by atoms with Gasteiger partial charge in [0.05, 0.1) is 0 Å². The van der Waals surface area contributed by atoms with E-state index in [9.17, 15) is 0 Å². The molecule has 3 nitrogen and oxygen atoms in total. The lowest BCUT2D eigenvalue weighted by molar-refractivity contribution is 0.547. The highest BCUT2D eigenvalue weighted by Crippen LogP contribution is 1.95. The lowest BCUT2D eigenvalue weighted by Crippen LogP contribution is -2.09. The van der Waals surface area contributed by atoms with Crippen molar-refractivity contribution in [3.63, 3.8) is 0 Å². The van der Waals surface area contributed by atoms with Gasteiger partial charge in [-0.1, -0.05) is 0 Å². The predicted molar refractivity (Wildman–Crippen MR) is 28.6 cm³/mol. The molecule has 3 heteroatoms. The SMILES string of the molecule is N=C(N)c1cc[c]o1. The fraction of sp³-hybridized carbons (Fsp3) is 0. The summed E-state index contributed by atoms with van der Waals surface area (Å²) in [5, 5.41) is 6.82. The molecule has 0 fully saturated rings. The van der Waals surface area contributed by atoms with Crippen LogP contribution < -0.4 is 5.73 Å². The van der Waals surface area contributed by atoms with E-state index in [4.69, 9.17) is 11.1 Å². The molecular formula is C5H5N2O. The van der Waals surface area contributed by atoms with Crippen molar-refractivity contribution < 1.29 is 4.42 Å². The average molecular weight is 109 g/mol. The molecule has 0 aliphatic carbocycles. The Bertz CT molecular complexity index is 178. The van der Waals surface area contributed by atoms with Crippen LogP contribution in [0, 0.1) is 11.7 Å². The Morgan fingerprint density at radius 2 is 2.62 bits per heavy atom. The quantitative estimate of drug-likeness (QED) is 0.404. The van der Waals surface area contributed by atoms with E-state index in [-0.39, 0.29) is 5.84 Å². The van der Waals surface area contributed by atoms with Crippen molar-refractivity contribution in [1.82, 2.24) is 0 Å². The van der Waals surface area contributed by atoms with Gasteiger partial charge in [-0.25, -0.2) is 0 Å². The second kappa shape index (κ2) is 1.69. The Hall–Kier alpha value is -1.25. The summed E-state index contributed by atoms with van der Waals surface area (Å²) in [4.78, 5) is 0. The minimum absolute atomic E-state index is 0.0637. The van der Waals surface area contributed by atoms with Gasteiger partial charge in [0.15, 0.2) is 17.9 Å². The van der Waals surface area contributed by atoms with E-state index in [0.717, 1.165) is 0 Å². The van der Waals surface area contributed by atoms with Gasteiger partial charge in [0.1, 0.15) is 0 Å². The van der Waals surface area contributed by atoms with Crippen LogP contribution >= 0.6 is 0 Å². The first-order chi connectivity index (χ1) is 3.80. The lowest BCUT2D eigenvalue weighted by atomic mass is 10.4. The van der Waals surface area contributed by atoms with Crippen molar-refractivity contribution in [2.24, 2.45) is 5.73 Å². The molecule has 1 rings (SSSR count). The highest BCUT2D eigenvalue weighted by molar-refractivity contribution is 5.91. The third kappa shape index (κ3) is 0.703. The molecule has 1 aromatic heterocycles. The first kappa shape index (κ1) is 4.90. The van der Waals surface area contributed by atoms with Crippen LogP contribution in [-0.4, -0.2) is 5.84 Å². The van der Waals surface area contributed by atoms with Crippen LogP contribution in [0.4, 0.5) is 0 Å². The predicted octanol–water partition coefficient (Wildman–Crippen LogP) is 0.364. The number of hydrogen-bond donors (Lipinski definition) is 2. The van der Waals surface area contributed by atoms with Gasteiger partial charge in [0, 0.05) is 0 Å².